The van der Waals surface area contributed by atoms with E-state index in [1.54, 1.807) is 0 Å². The number of likely N-dealkylation sites (N-methyl/N-ethyl adjacent to an activating group) is 1. The summed E-state index contributed by atoms with van der Waals surface area (Å²) >= 11 is 0. The molecular weight excluding hydrogens is 224 g/mol. The molecule has 0 aliphatic carbocycles. The molecule has 106 valence electrons. The molecule has 18 heavy (non-hydrogen) atoms. The molecule has 0 spiro atoms. The Morgan fingerprint density at radius 2 is 1.78 bits per heavy atom. The highest BCUT2D eigenvalue weighted by atomic mass is 15.3. The van der Waals surface area contributed by atoms with Crippen LogP contribution in [0.5, 0.6) is 0 Å². The second-order valence-electron chi connectivity index (χ2n) is 6.16. The summed E-state index contributed by atoms with van der Waals surface area (Å²) in [5.74, 6) is 0. The maximum absolute atomic E-state index is 6.15. The molecule has 2 saturated heterocycles. The van der Waals surface area contributed by atoms with Crippen molar-refractivity contribution in [3.63, 3.8) is 0 Å². The lowest BCUT2D eigenvalue weighted by molar-refractivity contribution is 0.0405. The van der Waals surface area contributed by atoms with Crippen LogP contribution in [0.2, 0.25) is 0 Å². The summed E-state index contributed by atoms with van der Waals surface area (Å²) < 4.78 is 0. The molecule has 0 radical (unpaired) electrons. The Morgan fingerprint density at radius 3 is 2.22 bits per heavy atom. The Hall–Kier alpha value is -0.160. The highest BCUT2D eigenvalue weighted by Gasteiger charge is 2.43. The third-order valence-electron chi connectivity index (χ3n) is 4.96. The molecule has 4 nitrogen and oxygen atoms in total. The van der Waals surface area contributed by atoms with Crippen LogP contribution in [0.4, 0.5) is 0 Å². The predicted molar refractivity (Wildman–Crippen MR) is 76.8 cm³/mol. The highest BCUT2D eigenvalue weighted by molar-refractivity contribution is 5.01. The summed E-state index contributed by atoms with van der Waals surface area (Å²) in [6, 6.07) is 0.648. The van der Waals surface area contributed by atoms with Crippen LogP contribution in [-0.4, -0.2) is 78.6 Å². The molecule has 2 N–H and O–H groups in total. The van der Waals surface area contributed by atoms with Gasteiger partial charge in [0.2, 0.25) is 0 Å². The second-order valence-corrected chi connectivity index (χ2v) is 6.16. The van der Waals surface area contributed by atoms with Crippen molar-refractivity contribution in [2.75, 3.05) is 52.4 Å². The molecule has 2 aliphatic heterocycles. The molecule has 1 unspecified atom stereocenters. The molecular formula is C14H30N4. The maximum atomic E-state index is 6.15. The first-order chi connectivity index (χ1) is 8.61. The fourth-order valence-electron chi connectivity index (χ4n) is 3.42. The Balaban J connectivity index is 1.97. The van der Waals surface area contributed by atoms with E-state index in [0.29, 0.717) is 6.04 Å². The number of piperazine rings is 1. The summed E-state index contributed by atoms with van der Waals surface area (Å²) in [6.45, 7) is 16.0. The Labute approximate surface area is 112 Å². The predicted octanol–water partition coefficient (Wildman–Crippen LogP) is 0.436. The summed E-state index contributed by atoms with van der Waals surface area (Å²) in [5.41, 5.74) is 6.40. The van der Waals surface area contributed by atoms with Gasteiger partial charge < -0.3 is 10.6 Å². The molecule has 0 saturated carbocycles. The summed E-state index contributed by atoms with van der Waals surface area (Å²) in [7, 11) is 0. The van der Waals surface area contributed by atoms with E-state index in [4.69, 9.17) is 5.73 Å². The fraction of sp³-hybridized carbons (Fsp3) is 1.00. The van der Waals surface area contributed by atoms with Crippen molar-refractivity contribution in [1.29, 1.82) is 0 Å². The number of likely N-dealkylation sites (tertiary alicyclic amines) is 1. The lowest BCUT2D eigenvalue weighted by atomic mass is 9.95. The monoisotopic (exact) mass is 254 g/mol. The molecule has 1 atom stereocenters. The van der Waals surface area contributed by atoms with Gasteiger partial charge in [-0.2, -0.15) is 0 Å². The van der Waals surface area contributed by atoms with Crippen molar-refractivity contribution in [3.8, 4) is 0 Å². The van der Waals surface area contributed by atoms with Crippen molar-refractivity contribution < 1.29 is 0 Å². The van der Waals surface area contributed by atoms with Gasteiger partial charge >= 0.3 is 0 Å². The van der Waals surface area contributed by atoms with Crippen LogP contribution < -0.4 is 5.73 Å². The maximum Gasteiger partial charge on any atom is 0.0471 e. The first-order valence-electron chi connectivity index (χ1n) is 7.53. The lowest BCUT2D eigenvalue weighted by Crippen LogP contribution is -2.61. The van der Waals surface area contributed by atoms with Crippen molar-refractivity contribution in [2.45, 2.75) is 38.8 Å². The van der Waals surface area contributed by atoms with E-state index >= 15 is 0 Å². The minimum absolute atomic E-state index is 0.254. The van der Waals surface area contributed by atoms with E-state index in [2.05, 4.69) is 35.5 Å². The Bertz CT molecular complexity index is 261. The third kappa shape index (κ3) is 2.72. The van der Waals surface area contributed by atoms with Gasteiger partial charge in [-0.15, -0.1) is 0 Å². The Morgan fingerprint density at radius 1 is 1.11 bits per heavy atom. The zero-order valence-corrected chi connectivity index (χ0v) is 12.4. The molecule has 0 aromatic rings. The smallest absolute Gasteiger partial charge is 0.0471 e. The highest BCUT2D eigenvalue weighted by Crippen LogP contribution is 2.29. The second kappa shape index (κ2) is 5.87. The van der Waals surface area contributed by atoms with E-state index in [-0.39, 0.29) is 5.54 Å². The van der Waals surface area contributed by atoms with Gasteiger partial charge in [-0.25, -0.2) is 0 Å². The minimum Gasteiger partial charge on any atom is -0.329 e. The van der Waals surface area contributed by atoms with Crippen LogP contribution in [0.1, 0.15) is 27.2 Å². The molecule has 0 amide bonds. The normalized spacial score (nSPS) is 32.5. The number of hydrogen-bond acceptors (Lipinski definition) is 4. The largest absolute Gasteiger partial charge is 0.329 e. The van der Waals surface area contributed by atoms with Gasteiger partial charge in [0.1, 0.15) is 0 Å². The molecule has 2 rings (SSSR count). The van der Waals surface area contributed by atoms with Gasteiger partial charge in [-0.3, -0.25) is 9.80 Å². The van der Waals surface area contributed by atoms with Crippen molar-refractivity contribution in [3.05, 3.63) is 0 Å². The zero-order valence-electron chi connectivity index (χ0n) is 12.4. The van der Waals surface area contributed by atoms with Gasteiger partial charge in [-0.1, -0.05) is 6.92 Å². The van der Waals surface area contributed by atoms with Crippen molar-refractivity contribution in [2.24, 2.45) is 5.73 Å². The van der Waals surface area contributed by atoms with E-state index in [0.717, 1.165) is 13.1 Å². The van der Waals surface area contributed by atoms with Crippen molar-refractivity contribution >= 4 is 0 Å². The first kappa shape index (κ1) is 14.3. The third-order valence-corrected chi connectivity index (χ3v) is 4.96. The van der Waals surface area contributed by atoms with E-state index in [1.165, 1.54) is 45.7 Å². The van der Waals surface area contributed by atoms with Gasteiger partial charge in [0, 0.05) is 57.4 Å². The van der Waals surface area contributed by atoms with Crippen LogP contribution >= 0.6 is 0 Å². The summed E-state index contributed by atoms with van der Waals surface area (Å²) in [6.07, 6.45) is 1.24. The van der Waals surface area contributed by atoms with Gasteiger partial charge in [-0.05, 0) is 26.8 Å². The molecule has 2 aliphatic rings. The minimum atomic E-state index is 0.254. The van der Waals surface area contributed by atoms with E-state index < -0.39 is 0 Å². The quantitative estimate of drug-likeness (QED) is 0.789. The van der Waals surface area contributed by atoms with E-state index in [9.17, 15) is 0 Å². The van der Waals surface area contributed by atoms with Gasteiger partial charge in [0.05, 0.1) is 0 Å². The SMILES string of the molecule is CCN1CCN(C2(CN)CCN(C(C)C)C2)CC1. The van der Waals surface area contributed by atoms with Crippen LogP contribution in [0, 0.1) is 0 Å². The van der Waals surface area contributed by atoms with Crippen LogP contribution in [0.25, 0.3) is 0 Å². The standard InChI is InChI=1S/C14H30N4/c1-4-16-7-9-18(10-8-16)14(11-15)5-6-17(12-14)13(2)3/h13H,4-12,15H2,1-3H3. The molecule has 0 bridgehead atoms. The molecule has 2 heterocycles. The van der Waals surface area contributed by atoms with E-state index in [1.807, 2.05) is 0 Å². The average molecular weight is 254 g/mol. The van der Waals surface area contributed by atoms with Crippen LogP contribution in [0.3, 0.4) is 0 Å². The van der Waals surface area contributed by atoms with Crippen molar-refractivity contribution in [1.82, 2.24) is 14.7 Å². The Kier molecular flexibility index (Phi) is 4.64. The first-order valence-corrected chi connectivity index (χ1v) is 7.53. The lowest BCUT2D eigenvalue weighted by Gasteiger charge is -2.45. The number of nitrogens with two attached hydrogens (primary N) is 1. The topological polar surface area (TPSA) is 35.7 Å². The van der Waals surface area contributed by atoms with Crippen LogP contribution in [0.15, 0.2) is 0 Å². The molecule has 4 heteroatoms. The molecule has 0 aromatic heterocycles. The zero-order chi connectivity index (χ0) is 13.2. The number of rotatable bonds is 4. The van der Waals surface area contributed by atoms with Gasteiger partial charge in [0.25, 0.3) is 0 Å². The number of nitrogens with zero attached hydrogens (tertiary/aromatic N) is 3. The van der Waals surface area contributed by atoms with Crippen LogP contribution in [-0.2, 0) is 0 Å². The molecule has 0 aromatic carbocycles. The number of hydrogen-bond donors (Lipinski definition) is 1. The average Bonchev–Trinajstić information content (AvgIpc) is 2.85. The fourth-order valence-corrected chi connectivity index (χ4v) is 3.42. The van der Waals surface area contributed by atoms with Gasteiger partial charge in [0.15, 0.2) is 0 Å². The molecule has 2 fully saturated rings. The summed E-state index contributed by atoms with van der Waals surface area (Å²) in [4.78, 5) is 7.79. The summed E-state index contributed by atoms with van der Waals surface area (Å²) in [5, 5.41) is 0.